The third-order valence-corrected chi connectivity index (χ3v) is 2.22. The summed E-state index contributed by atoms with van der Waals surface area (Å²) in [4.78, 5) is 11.6. The molecular weight excluding hydrogens is 221 g/mol. The highest BCUT2D eigenvalue weighted by atomic mass is 35.5. The molecule has 1 aromatic carbocycles. The highest BCUT2D eigenvalue weighted by molar-refractivity contribution is 6.28. The molecule has 1 aromatic heterocycles. The molecule has 0 aliphatic rings. The van der Waals surface area contributed by atoms with Crippen LogP contribution in [0.25, 0.3) is 5.69 Å². The van der Waals surface area contributed by atoms with Crippen LogP contribution in [0.2, 0.25) is 5.28 Å². The average Bonchev–Trinajstić information content (AvgIpc) is 2.43. The first-order valence-corrected chi connectivity index (χ1v) is 4.55. The van der Waals surface area contributed by atoms with Gasteiger partial charge in [-0.15, -0.1) is 5.10 Å². The number of benzene rings is 1. The first kappa shape index (κ1) is 9.92. The van der Waals surface area contributed by atoms with Crippen LogP contribution in [-0.2, 0) is 7.05 Å². The summed E-state index contributed by atoms with van der Waals surface area (Å²) in [5.74, 6) is -0.519. The fourth-order valence-electron chi connectivity index (χ4n) is 1.27. The van der Waals surface area contributed by atoms with E-state index in [-0.39, 0.29) is 11.0 Å². The van der Waals surface area contributed by atoms with E-state index >= 15 is 0 Å². The lowest BCUT2D eigenvalue weighted by molar-refractivity contribution is 0.614. The van der Waals surface area contributed by atoms with Crippen molar-refractivity contribution >= 4 is 11.6 Å². The van der Waals surface area contributed by atoms with E-state index in [0.717, 1.165) is 9.25 Å². The largest absolute Gasteiger partial charge is 0.351 e. The van der Waals surface area contributed by atoms with Crippen LogP contribution in [0.3, 0.4) is 0 Å². The number of hydrogen-bond donors (Lipinski definition) is 0. The Kier molecular flexibility index (Phi) is 2.32. The number of hydrogen-bond acceptors (Lipinski definition) is 2. The second-order valence-corrected chi connectivity index (χ2v) is 3.30. The molecule has 6 heteroatoms. The summed E-state index contributed by atoms with van der Waals surface area (Å²) in [5, 5.41) is 3.63. The van der Waals surface area contributed by atoms with Gasteiger partial charge >= 0.3 is 5.69 Å². The molecule has 0 spiro atoms. The fourth-order valence-corrected chi connectivity index (χ4v) is 1.55. The van der Waals surface area contributed by atoms with Crippen molar-refractivity contribution in [1.29, 1.82) is 0 Å². The molecule has 0 bridgehead atoms. The van der Waals surface area contributed by atoms with Gasteiger partial charge in [0.1, 0.15) is 5.82 Å². The van der Waals surface area contributed by atoms with Gasteiger partial charge in [0, 0.05) is 7.05 Å². The molecular formula is C9H7ClFN3O. The summed E-state index contributed by atoms with van der Waals surface area (Å²) < 4.78 is 15.5. The van der Waals surface area contributed by atoms with E-state index in [1.54, 1.807) is 6.07 Å². The summed E-state index contributed by atoms with van der Waals surface area (Å²) in [6, 6.07) is 5.87. The van der Waals surface area contributed by atoms with Gasteiger partial charge in [-0.1, -0.05) is 12.1 Å². The van der Waals surface area contributed by atoms with Crippen molar-refractivity contribution in [2.75, 3.05) is 0 Å². The molecule has 0 N–H and O–H groups in total. The first-order valence-electron chi connectivity index (χ1n) is 4.17. The van der Waals surface area contributed by atoms with Crippen molar-refractivity contribution in [3.8, 4) is 5.69 Å². The number of rotatable bonds is 1. The Hall–Kier alpha value is -1.62. The van der Waals surface area contributed by atoms with Gasteiger partial charge in [-0.25, -0.2) is 18.4 Å². The standard InChI is InChI=1S/C9H7ClFN3O/c1-13-9(15)14(8(10)12-13)7-5-3-2-4-6(7)11/h2-5H,1H3. The molecule has 15 heavy (non-hydrogen) atoms. The van der Waals surface area contributed by atoms with Crippen LogP contribution in [-0.4, -0.2) is 14.3 Å². The van der Waals surface area contributed by atoms with Crippen molar-refractivity contribution in [2.24, 2.45) is 7.05 Å². The maximum atomic E-state index is 13.4. The van der Waals surface area contributed by atoms with Crippen molar-refractivity contribution in [3.63, 3.8) is 0 Å². The Bertz CT molecular complexity index is 561. The molecule has 1 heterocycles. The van der Waals surface area contributed by atoms with Gasteiger partial charge < -0.3 is 0 Å². The quantitative estimate of drug-likeness (QED) is 0.738. The van der Waals surface area contributed by atoms with Crippen molar-refractivity contribution < 1.29 is 4.39 Å². The predicted octanol–water partition coefficient (Wildman–Crippen LogP) is 1.36. The molecule has 0 amide bonds. The number of aromatic nitrogens is 3. The van der Waals surface area contributed by atoms with Gasteiger partial charge in [-0.3, -0.25) is 0 Å². The van der Waals surface area contributed by atoms with Crippen LogP contribution < -0.4 is 5.69 Å². The lowest BCUT2D eigenvalue weighted by atomic mass is 10.3. The van der Waals surface area contributed by atoms with E-state index in [2.05, 4.69) is 5.10 Å². The van der Waals surface area contributed by atoms with E-state index in [9.17, 15) is 9.18 Å². The lowest BCUT2D eigenvalue weighted by Crippen LogP contribution is -2.22. The summed E-state index contributed by atoms with van der Waals surface area (Å²) in [5.41, 5.74) is -0.384. The zero-order chi connectivity index (χ0) is 11.0. The smallest absolute Gasteiger partial charge is 0.246 e. The second kappa shape index (κ2) is 3.51. The van der Waals surface area contributed by atoms with Crippen LogP contribution in [0.4, 0.5) is 4.39 Å². The minimum absolute atomic E-state index is 0.0624. The Morgan fingerprint density at radius 1 is 1.40 bits per heavy atom. The molecule has 0 aliphatic carbocycles. The van der Waals surface area contributed by atoms with Gasteiger partial charge in [-0.05, 0) is 23.7 Å². The van der Waals surface area contributed by atoms with E-state index < -0.39 is 11.5 Å². The zero-order valence-corrected chi connectivity index (χ0v) is 8.57. The number of halogens is 2. The molecule has 0 saturated carbocycles. The highest BCUT2D eigenvalue weighted by Gasteiger charge is 2.13. The van der Waals surface area contributed by atoms with Crippen LogP contribution in [0.15, 0.2) is 29.1 Å². The number of aryl methyl sites for hydroxylation is 1. The molecule has 78 valence electrons. The lowest BCUT2D eigenvalue weighted by Gasteiger charge is -2.01. The van der Waals surface area contributed by atoms with Crippen LogP contribution >= 0.6 is 11.6 Å². The minimum atomic E-state index is -0.519. The van der Waals surface area contributed by atoms with Gasteiger partial charge in [-0.2, -0.15) is 0 Å². The van der Waals surface area contributed by atoms with Gasteiger partial charge in [0.05, 0.1) is 5.69 Å². The summed E-state index contributed by atoms with van der Waals surface area (Å²) in [6.45, 7) is 0. The van der Waals surface area contributed by atoms with E-state index in [1.807, 2.05) is 0 Å². The average molecular weight is 228 g/mol. The molecule has 4 nitrogen and oxygen atoms in total. The molecule has 0 fully saturated rings. The first-order chi connectivity index (χ1) is 7.11. The minimum Gasteiger partial charge on any atom is -0.246 e. The highest BCUT2D eigenvalue weighted by Crippen LogP contribution is 2.14. The molecule has 0 aliphatic heterocycles. The van der Waals surface area contributed by atoms with Gasteiger partial charge in [0.2, 0.25) is 5.28 Å². The molecule has 2 aromatic rings. The normalized spacial score (nSPS) is 10.6. The fraction of sp³-hybridized carbons (Fsp3) is 0.111. The Labute approximate surface area is 89.5 Å². The van der Waals surface area contributed by atoms with Crippen molar-refractivity contribution in [1.82, 2.24) is 14.3 Å². The summed E-state index contributed by atoms with van der Waals surface area (Å²) >= 11 is 5.72. The van der Waals surface area contributed by atoms with Gasteiger partial charge in [0.15, 0.2) is 0 Å². The Morgan fingerprint density at radius 2 is 2.07 bits per heavy atom. The monoisotopic (exact) mass is 227 g/mol. The summed E-state index contributed by atoms with van der Waals surface area (Å²) in [6.07, 6.45) is 0. The third kappa shape index (κ3) is 1.55. The van der Waals surface area contributed by atoms with Crippen molar-refractivity contribution in [3.05, 3.63) is 45.9 Å². The SMILES string of the molecule is Cn1nc(Cl)n(-c2ccccc2F)c1=O. The Balaban J connectivity index is 2.75. The Morgan fingerprint density at radius 3 is 2.60 bits per heavy atom. The maximum absolute atomic E-state index is 13.4. The van der Waals surface area contributed by atoms with Crippen LogP contribution in [0.5, 0.6) is 0 Å². The molecule has 0 unspecified atom stereocenters. The van der Waals surface area contributed by atoms with Crippen molar-refractivity contribution in [2.45, 2.75) is 0 Å². The number of para-hydroxylation sites is 1. The molecule has 0 atom stereocenters. The summed E-state index contributed by atoms with van der Waals surface area (Å²) in [7, 11) is 1.45. The maximum Gasteiger partial charge on any atom is 0.351 e. The molecule has 0 saturated heterocycles. The van der Waals surface area contributed by atoms with E-state index in [0.29, 0.717) is 0 Å². The zero-order valence-electron chi connectivity index (χ0n) is 7.82. The second-order valence-electron chi connectivity index (χ2n) is 2.96. The van der Waals surface area contributed by atoms with E-state index in [1.165, 1.54) is 25.2 Å². The molecule has 2 rings (SSSR count). The van der Waals surface area contributed by atoms with E-state index in [4.69, 9.17) is 11.6 Å². The van der Waals surface area contributed by atoms with Crippen LogP contribution in [0.1, 0.15) is 0 Å². The topological polar surface area (TPSA) is 39.8 Å². The number of nitrogens with zero attached hydrogens (tertiary/aromatic N) is 3. The van der Waals surface area contributed by atoms with Crippen LogP contribution in [0, 0.1) is 5.82 Å². The third-order valence-electron chi connectivity index (χ3n) is 1.98. The predicted molar refractivity (Wildman–Crippen MR) is 53.8 cm³/mol. The molecule has 0 radical (unpaired) electrons. The van der Waals surface area contributed by atoms with Gasteiger partial charge in [0.25, 0.3) is 0 Å².